The number of carbonyl (C=O) groups is 2. The van der Waals surface area contributed by atoms with Crippen LogP contribution in [0, 0.1) is 0 Å². The number of carbonyl (C=O) groups excluding carboxylic acids is 2. The molecule has 28 heavy (non-hydrogen) atoms. The van der Waals surface area contributed by atoms with Crippen molar-refractivity contribution in [3.05, 3.63) is 54.1 Å². The number of amides is 2. The van der Waals surface area contributed by atoms with Crippen molar-refractivity contribution in [2.24, 2.45) is 0 Å². The van der Waals surface area contributed by atoms with Gasteiger partial charge in [0.25, 0.3) is 11.8 Å². The Labute approximate surface area is 163 Å². The van der Waals surface area contributed by atoms with Crippen molar-refractivity contribution in [2.45, 2.75) is 31.9 Å². The minimum absolute atomic E-state index is 0.0217. The molecule has 0 radical (unpaired) electrons. The lowest BCUT2D eigenvalue weighted by Gasteiger charge is -2.33. The van der Waals surface area contributed by atoms with Crippen LogP contribution in [0.3, 0.4) is 0 Å². The van der Waals surface area contributed by atoms with E-state index in [1.165, 1.54) is 24.3 Å². The van der Waals surface area contributed by atoms with Gasteiger partial charge in [-0.05, 0) is 62.2 Å². The van der Waals surface area contributed by atoms with Crippen LogP contribution in [0.2, 0.25) is 0 Å². The Morgan fingerprint density at radius 2 is 1.75 bits per heavy atom. The van der Waals surface area contributed by atoms with Gasteiger partial charge in [0, 0.05) is 24.7 Å². The van der Waals surface area contributed by atoms with E-state index in [1.807, 2.05) is 0 Å². The van der Waals surface area contributed by atoms with Gasteiger partial charge >= 0.3 is 0 Å². The Bertz CT molecular complexity index is 829. The van der Waals surface area contributed by atoms with E-state index in [1.54, 1.807) is 36.1 Å². The van der Waals surface area contributed by atoms with E-state index in [-0.39, 0.29) is 29.4 Å². The van der Waals surface area contributed by atoms with Gasteiger partial charge in [0.15, 0.2) is 6.10 Å². The van der Waals surface area contributed by atoms with Gasteiger partial charge in [-0.2, -0.15) is 0 Å². The van der Waals surface area contributed by atoms with Crippen molar-refractivity contribution >= 4 is 11.8 Å². The zero-order valence-electron chi connectivity index (χ0n) is 15.7. The quantitative estimate of drug-likeness (QED) is 0.735. The van der Waals surface area contributed by atoms with E-state index in [9.17, 15) is 19.8 Å². The normalized spacial score (nSPS) is 15.7. The lowest BCUT2D eigenvalue weighted by molar-refractivity contribution is -0.128. The summed E-state index contributed by atoms with van der Waals surface area (Å²) in [4.78, 5) is 26.6. The first-order valence-corrected chi connectivity index (χ1v) is 9.27. The SMILES string of the molecule is CC(Oc1ccc(O)cc1)C(=O)NC1CCN(C(=O)c2cccc(O)c2)CC1. The van der Waals surface area contributed by atoms with Crippen LogP contribution in [-0.2, 0) is 4.79 Å². The monoisotopic (exact) mass is 384 g/mol. The predicted octanol–water partition coefficient (Wildman–Crippen LogP) is 2.29. The van der Waals surface area contributed by atoms with E-state index in [2.05, 4.69) is 5.32 Å². The Kier molecular flexibility index (Phi) is 6.03. The fraction of sp³-hybridized carbons (Fsp3) is 0.333. The maximum Gasteiger partial charge on any atom is 0.260 e. The second-order valence-corrected chi connectivity index (χ2v) is 6.88. The molecule has 0 aliphatic carbocycles. The zero-order valence-corrected chi connectivity index (χ0v) is 15.7. The molecule has 7 heteroatoms. The van der Waals surface area contributed by atoms with Gasteiger partial charge in [0.1, 0.15) is 17.2 Å². The van der Waals surface area contributed by atoms with Gasteiger partial charge in [-0.1, -0.05) is 6.07 Å². The molecule has 1 saturated heterocycles. The molecule has 0 spiro atoms. The molecule has 1 fully saturated rings. The maximum atomic E-state index is 12.5. The number of aromatic hydroxyl groups is 2. The van der Waals surface area contributed by atoms with Gasteiger partial charge in [-0.3, -0.25) is 9.59 Å². The van der Waals surface area contributed by atoms with Crippen LogP contribution < -0.4 is 10.1 Å². The fourth-order valence-electron chi connectivity index (χ4n) is 3.15. The average molecular weight is 384 g/mol. The molecular formula is C21H24N2O5. The lowest BCUT2D eigenvalue weighted by atomic mass is 10.0. The standard InChI is InChI=1S/C21H24N2O5/c1-14(28-19-7-5-17(24)6-8-19)20(26)22-16-9-11-23(12-10-16)21(27)15-3-2-4-18(25)13-15/h2-8,13-14,16,24-25H,9-12H2,1H3,(H,22,26). The van der Waals surface area contributed by atoms with E-state index in [0.717, 1.165) is 0 Å². The minimum Gasteiger partial charge on any atom is -0.508 e. The molecule has 1 unspecified atom stereocenters. The first kappa shape index (κ1) is 19.5. The van der Waals surface area contributed by atoms with Crippen molar-refractivity contribution in [1.82, 2.24) is 10.2 Å². The van der Waals surface area contributed by atoms with Gasteiger partial charge < -0.3 is 25.2 Å². The van der Waals surface area contributed by atoms with Crippen molar-refractivity contribution in [2.75, 3.05) is 13.1 Å². The summed E-state index contributed by atoms with van der Waals surface area (Å²) in [5, 5.41) is 21.8. The fourth-order valence-corrected chi connectivity index (χ4v) is 3.15. The van der Waals surface area contributed by atoms with Crippen LogP contribution in [0.5, 0.6) is 17.2 Å². The van der Waals surface area contributed by atoms with Gasteiger partial charge in [0.2, 0.25) is 0 Å². The Hall–Kier alpha value is -3.22. The molecule has 1 heterocycles. The number of phenols is 2. The molecule has 2 aromatic carbocycles. The van der Waals surface area contributed by atoms with Gasteiger partial charge in [-0.15, -0.1) is 0 Å². The van der Waals surface area contributed by atoms with Crippen LogP contribution in [0.1, 0.15) is 30.1 Å². The molecule has 1 aliphatic heterocycles. The predicted molar refractivity (Wildman–Crippen MR) is 103 cm³/mol. The van der Waals surface area contributed by atoms with E-state index in [0.29, 0.717) is 37.2 Å². The number of ether oxygens (including phenoxy) is 1. The summed E-state index contributed by atoms with van der Waals surface area (Å²) >= 11 is 0. The maximum absolute atomic E-state index is 12.5. The van der Waals surface area contributed by atoms with Gasteiger partial charge in [0.05, 0.1) is 0 Å². The highest BCUT2D eigenvalue weighted by Gasteiger charge is 2.26. The van der Waals surface area contributed by atoms with Crippen molar-refractivity contribution in [1.29, 1.82) is 0 Å². The summed E-state index contributed by atoms with van der Waals surface area (Å²) in [6.07, 6.45) is 0.640. The summed E-state index contributed by atoms with van der Waals surface area (Å²) in [5.74, 6) is 0.370. The largest absolute Gasteiger partial charge is 0.508 e. The van der Waals surface area contributed by atoms with E-state index < -0.39 is 6.10 Å². The zero-order chi connectivity index (χ0) is 20.1. The lowest BCUT2D eigenvalue weighted by Crippen LogP contribution is -2.49. The summed E-state index contributed by atoms with van der Waals surface area (Å²) < 4.78 is 5.59. The van der Waals surface area contributed by atoms with Crippen molar-refractivity contribution < 1.29 is 24.5 Å². The second kappa shape index (κ2) is 8.65. The van der Waals surface area contributed by atoms with Crippen LogP contribution in [0.15, 0.2) is 48.5 Å². The third-order valence-corrected chi connectivity index (χ3v) is 4.74. The smallest absolute Gasteiger partial charge is 0.260 e. The number of benzene rings is 2. The van der Waals surface area contributed by atoms with Crippen LogP contribution in [0.25, 0.3) is 0 Å². The summed E-state index contributed by atoms with van der Waals surface area (Å²) in [6.45, 7) is 2.74. The molecule has 3 N–H and O–H groups in total. The van der Waals surface area contributed by atoms with Crippen LogP contribution in [0.4, 0.5) is 0 Å². The topological polar surface area (TPSA) is 99.1 Å². The first-order valence-electron chi connectivity index (χ1n) is 9.27. The number of likely N-dealkylation sites (tertiary alicyclic amines) is 1. The Morgan fingerprint density at radius 3 is 2.39 bits per heavy atom. The third-order valence-electron chi connectivity index (χ3n) is 4.74. The number of nitrogens with one attached hydrogen (secondary N) is 1. The number of nitrogens with zero attached hydrogens (tertiary/aromatic N) is 1. The number of rotatable bonds is 5. The molecule has 148 valence electrons. The number of hydrogen-bond donors (Lipinski definition) is 3. The molecule has 2 amide bonds. The molecule has 0 aromatic heterocycles. The highest BCUT2D eigenvalue weighted by Crippen LogP contribution is 2.19. The molecule has 2 aromatic rings. The molecule has 0 saturated carbocycles. The molecule has 3 rings (SSSR count). The number of piperidine rings is 1. The number of phenolic OH excluding ortho intramolecular Hbond substituents is 2. The molecule has 1 atom stereocenters. The molecule has 7 nitrogen and oxygen atoms in total. The Morgan fingerprint density at radius 1 is 1.07 bits per heavy atom. The molecule has 1 aliphatic rings. The van der Waals surface area contributed by atoms with E-state index >= 15 is 0 Å². The summed E-state index contributed by atoms with van der Waals surface area (Å²) in [6, 6.07) is 12.5. The minimum atomic E-state index is -0.670. The molecular weight excluding hydrogens is 360 g/mol. The first-order chi connectivity index (χ1) is 13.4. The van der Waals surface area contributed by atoms with Crippen LogP contribution in [-0.4, -0.2) is 52.2 Å². The van der Waals surface area contributed by atoms with Gasteiger partial charge in [-0.25, -0.2) is 0 Å². The van der Waals surface area contributed by atoms with Crippen molar-refractivity contribution in [3.8, 4) is 17.2 Å². The summed E-state index contributed by atoms with van der Waals surface area (Å²) in [5.41, 5.74) is 0.457. The highest BCUT2D eigenvalue weighted by atomic mass is 16.5. The Balaban J connectivity index is 1.47. The van der Waals surface area contributed by atoms with E-state index in [4.69, 9.17) is 4.74 Å². The van der Waals surface area contributed by atoms with Crippen LogP contribution >= 0.6 is 0 Å². The summed E-state index contributed by atoms with van der Waals surface area (Å²) in [7, 11) is 0. The highest BCUT2D eigenvalue weighted by molar-refractivity contribution is 5.94. The second-order valence-electron chi connectivity index (χ2n) is 6.88. The molecule has 0 bridgehead atoms. The average Bonchev–Trinajstić information content (AvgIpc) is 2.69. The number of hydrogen-bond acceptors (Lipinski definition) is 5. The third kappa shape index (κ3) is 4.94. The van der Waals surface area contributed by atoms with Crippen molar-refractivity contribution in [3.63, 3.8) is 0 Å².